The lowest BCUT2D eigenvalue weighted by molar-refractivity contribution is 0.0696. The molecule has 38 heavy (non-hydrogen) atoms. The van der Waals surface area contributed by atoms with Crippen LogP contribution in [0.2, 0.25) is 0 Å². The van der Waals surface area contributed by atoms with Gasteiger partial charge >= 0.3 is 5.97 Å². The van der Waals surface area contributed by atoms with Crippen molar-refractivity contribution in [1.29, 1.82) is 0 Å². The van der Waals surface area contributed by atoms with Gasteiger partial charge in [0, 0.05) is 17.2 Å². The zero-order valence-electron chi connectivity index (χ0n) is 22.6. The summed E-state index contributed by atoms with van der Waals surface area (Å²) in [6.07, 6.45) is 0.722. The number of carbonyl (C=O) groups is 1. The number of carboxylic acids is 1. The molecule has 10 heteroatoms. The summed E-state index contributed by atoms with van der Waals surface area (Å²) in [5, 5.41) is 9.27. The van der Waals surface area contributed by atoms with E-state index in [1.807, 2.05) is 31.2 Å². The molecule has 0 unspecified atom stereocenters. The molecule has 0 saturated carbocycles. The summed E-state index contributed by atoms with van der Waals surface area (Å²) >= 11 is 0. The molecule has 204 valence electrons. The van der Waals surface area contributed by atoms with Crippen LogP contribution in [0.25, 0.3) is 11.3 Å². The molecule has 1 atom stereocenters. The van der Waals surface area contributed by atoms with E-state index < -0.39 is 16.0 Å². The Balaban J connectivity index is 2.08. The number of hydrogen-bond acceptors (Lipinski definition) is 7. The van der Waals surface area contributed by atoms with Crippen molar-refractivity contribution in [2.45, 2.75) is 64.8 Å². The molecule has 0 aliphatic carbocycles. The predicted octanol–water partition coefficient (Wildman–Crippen LogP) is 5.22. The van der Waals surface area contributed by atoms with Gasteiger partial charge < -0.3 is 15.6 Å². The van der Waals surface area contributed by atoms with Crippen LogP contribution in [0.3, 0.4) is 0 Å². The Labute approximate surface area is 224 Å². The van der Waals surface area contributed by atoms with Gasteiger partial charge in [0.05, 0.1) is 16.2 Å². The van der Waals surface area contributed by atoms with Crippen LogP contribution in [0.1, 0.15) is 68.4 Å². The van der Waals surface area contributed by atoms with Gasteiger partial charge in [-0.2, -0.15) is 4.98 Å². The van der Waals surface area contributed by atoms with Crippen LogP contribution in [-0.4, -0.2) is 42.1 Å². The van der Waals surface area contributed by atoms with Crippen molar-refractivity contribution in [2.75, 3.05) is 11.3 Å². The maximum absolute atomic E-state index is 13.2. The minimum absolute atomic E-state index is 0.0101. The van der Waals surface area contributed by atoms with Gasteiger partial charge in [-0.3, -0.25) is 0 Å². The Morgan fingerprint density at radius 1 is 1.11 bits per heavy atom. The first-order chi connectivity index (χ1) is 17.7. The molecule has 0 radical (unpaired) electrons. The number of carboxylic acid groups (broad SMARTS) is 1. The molecule has 0 bridgehead atoms. The third-order valence-corrected chi connectivity index (χ3v) is 7.19. The van der Waals surface area contributed by atoms with Gasteiger partial charge in [-0.15, -0.1) is 0 Å². The van der Waals surface area contributed by atoms with Gasteiger partial charge in [0.1, 0.15) is 6.61 Å². The van der Waals surface area contributed by atoms with Crippen molar-refractivity contribution >= 4 is 21.9 Å². The molecule has 9 nitrogen and oxygen atoms in total. The van der Waals surface area contributed by atoms with E-state index in [2.05, 4.69) is 49.3 Å². The second-order valence-electron chi connectivity index (χ2n) is 10.8. The van der Waals surface area contributed by atoms with E-state index in [9.17, 15) is 18.3 Å². The molecular formula is C28H36N4O5S. The SMILES string of the molecule is Cc1c(OC[C@H](N)CC(C)(C)C)nc(NS(=O)(=O)c2cccc(C(=O)O)c2)nc1-c1ccccc1C(C)C. The summed E-state index contributed by atoms with van der Waals surface area (Å²) in [6.45, 7) is 12.4. The van der Waals surface area contributed by atoms with Crippen LogP contribution < -0.4 is 15.2 Å². The number of aromatic carboxylic acids is 1. The standard InChI is InChI=1S/C28H36N4O5S/c1-17(2)22-12-7-8-13-23(22)24-18(3)25(37-16-20(29)15-28(4,5)6)31-27(30-24)32-38(35,36)21-11-9-10-19(14-21)26(33)34/h7-14,17,20H,15-16,29H2,1-6H3,(H,33,34)(H,30,31,32)/t20-/m1/s1. The van der Waals surface area contributed by atoms with Crippen molar-refractivity contribution in [3.8, 4) is 17.1 Å². The van der Waals surface area contributed by atoms with E-state index >= 15 is 0 Å². The Morgan fingerprint density at radius 3 is 2.42 bits per heavy atom. The second-order valence-corrected chi connectivity index (χ2v) is 12.5. The largest absolute Gasteiger partial charge is 0.478 e. The fraction of sp³-hybridized carbons (Fsp3) is 0.393. The lowest BCUT2D eigenvalue weighted by Gasteiger charge is -2.23. The molecule has 0 aliphatic heterocycles. The number of nitrogens with zero attached hydrogens (tertiary/aromatic N) is 2. The predicted molar refractivity (Wildman–Crippen MR) is 148 cm³/mol. The average molecular weight is 541 g/mol. The summed E-state index contributed by atoms with van der Waals surface area (Å²) in [5.41, 5.74) is 9.20. The van der Waals surface area contributed by atoms with Crippen LogP contribution in [0, 0.1) is 12.3 Å². The Morgan fingerprint density at radius 2 is 1.79 bits per heavy atom. The fourth-order valence-corrected chi connectivity index (χ4v) is 5.16. The van der Waals surface area contributed by atoms with Gasteiger partial charge in [0.15, 0.2) is 0 Å². The van der Waals surface area contributed by atoms with Crippen LogP contribution >= 0.6 is 0 Å². The monoisotopic (exact) mass is 540 g/mol. The number of aromatic nitrogens is 2. The quantitative estimate of drug-likeness (QED) is 0.318. The van der Waals surface area contributed by atoms with Gasteiger partial charge in [-0.25, -0.2) is 22.9 Å². The average Bonchev–Trinajstić information content (AvgIpc) is 2.83. The number of anilines is 1. The highest BCUT2D eigenvalue weighted by Gasteiger charge is 2.23. The minimum Gasteiger partial charge on any atom is -0.478 e. The zero-order valence-corrected chi connectivity index (χ0v) is 23.5. The summed E-state index contributed by atoms with van der Waals surface area (Å²) in [6, 6.07) is 12.6. The third kappa shape index (κ3) is 7.29. The minimum atomic E-state index is -4.20. The molecular weight excluding hydrogens is 504 g/mol. The highest BCUT2D eigenvalue weighted by molar-refractivity contribution is 7.92. The summed E-state index contributed by atoms with van der Waals surface area (Å²) < 4.78 is 34.8. The van der Waals surface area contributed by atoms with E-state index in [1.165, 1.54) is 18.2 Å². The number of rotatable bonds is 10. The number of hydrogen-bond donors (Lipinski definition) is 3. The smallest absolute Gasteiger partial charge is 0.335 e. The molecule has 0 aliphatic rings. The maximum Gasteiger partial charge on any atom is 0.335 e. The summed E-state index contributed by atoms with van der Waals surface area (Å²) in [5.74, 6) is -1.02. The normalized spacial score (nSPS) is 12.8. The first-order valence-corrected chi connectivity index (χ1v) is 13.9. The molecule has 3 rings (SSSR count). The van der Waals surface area contributed by atoms with E-state index in [0.717, 1.165) is 23.6 Å². The number of nitrogens with two attached hydrogens (primary N) is 1. The number of nitrogens with one attached hydrogen (secondary N) is 1. The second kappa shape index (κ2) is 11.5. The topological polar surface area (TPSA) is 144 Å². The van der Waals surface area contributed by atoms with Gasteiger partial charge in [0.2, 0.25) is 11.8 Å². The molecule has 0 spiro atoms. The third-order valence-electron chi connectivity index (χ3n) is 5.86. The van der Waals surface area contributed by atoms with Gasteiger partial charge in [-0.1, -0.05) is 65.0 Å². The van der Waals surface area contributed by atoms with Crippen molar-refractivity contribution in [3.63, 3.8) is 0 Å². The molecule has 4 N–H and O–H groups in total. The molecule has 2 aromatic carbocycles. The number of benzene rings is 2. The molecule has 1 heterocycles. The first kappa shape index (κ1) is 29.1. The zero-order chi connectivity index (χ0) is 28.3. The highest BCUT2D eigenvalue weighted by Crippen LogP contribution is 2.34. The molecule has 0 fully saturated rings. The Hall–Kier alpha value is -3.50. The first-order valence-electron chi connectivity index (χ1n) is 12.4. The molecule has 0 saturated heterocycles. The Bertz CT molecular complexity index is 1410. The van der Waals surface area contributed by atoms with Crippen molar-refractivity contribution in [2.24, 2.45) is 11.1 Å². The van der Waals surface area contributed by atoms with Crippen molar-refractivity contribution in [3.05, 3.63) is 65.2 Å². The molecule has 0 amide bonds. The van der Waals surface area contributed by atoms with E-state index in [1.54, 1.807) is 0 Å². The van der Waals surface area contributed by atoms with Crippen molar-refractivity contribution in [1.82, 2.24) is 9.97 Å². The van der Waals surface area contributed by atoms with Crippen LogP contribution in [0.5, 0.6) is 5.88 Å². The fourth-order valence-electron chi connectivity index (χ4n) is 4.17. The van der Waals surface area contributed by atoms with Gasteiger partial charge in [-0.05, 0) is 48.4 Å². The van der Waals surface area contributed by atoms with Gasteiger partial charge in [0.25, 0.3) is 10.0 Å². The number of sulfonamides is 1. The summed E-state index contributed by atoms with van der Waals surface area (Å²) in [4.78, 5) is 20.1. The molecule has 3 aromatic rings. The Kier molecular flexibility index (Phi) is 8.79. The maximum atomic E-state index is 13.2. The van der Waals surface area contributed by atoms with E-state index in [-0.39, 0.29) is 46.3 Å². The van der Waals surface area contributed by atoms with Crippen LogP contribution in [-0.2, 0) is 10.0 Å². The van der Waals surface area contributed by atoms with Crippen molar-refractivity contribution < 1.29 is 23.1 Å². The van der Waals surface area contributed by atoms with E-state index in [4.69, 9.17) is 10.5 Å². The summed E-state index contributed by atoms with van der Waals surface area (Å²) in [7, 11) is -4.20. The lowest BCUT2D eigenvalue weighted by Crippen LogP contribution is -2.32. The van der Waals surface area contributed by atoms with E-state index in [0.29, 0.717) is 11.3 Å². The highest BCUT2D eigenvalue weighted by atomic mass is 32.2. The number of ether oxygens (including phenoxy) is 1. The lowest BCUT2D eigenvalue weighted by atomic mass is 9.89. The molecule has 1 aromatic heterocycles. The van der Waals surface area contributed by atoms with Crippen LogP contribution in [0.15, 0.2) is 53.4 Å². The van der Waals surface area contributed by atoms with Crippen LogP contribution in [0.4, 0.5) is 5.95 Å².